The summed E-state index contributed by atoms with van der Waals surface area (Å²) in [4.78, 5) is 26.9. The molecule has 2 fully saturated rings. The van der Waals surface area contributed by atoms with Crippen molar-refractivity contribution in [3.05, 3.63) is 35.4 Å². The maximum atomic E-state index is 12.6. The summed E-state index contributed by atoms with van der Waals surface area (Å²) in [6, 6.07) is 6.75. The third kappa shape index (κ3) is 3.76. The molecule has 1 aromatic carbocycles. The van der Waals surface area contributed by atoms with Crippen LogP contribution < -0.4 is 5.32 Å². The number of benzene rings is 1. The Kier molecular flexibility index (Phi) is 5.48. The third-order valence-corrected chi connectivity index (χ3v) is 4.66. The van der Waals surface area contributed by atoms with E-state index in [2.05, 4.69) is 5.32 Å². The molecule has 2 atom stereocenters. The molecule has 1 aromatic rings. The van der Waals surface area contributed by atoms with E-state index < -0.39 is 0 Å². The van der Waals surface area contributed by atoms with Crippen molar-refractivity contribution in [2.75, 3.05) is 33.4 Å². The number of hydrogen-bond donors (Lipinski definition) is 1. The maximum Gasteiger partial charge on any atom is 0.253 e. The number of likely N-dealkylation sites (tertiary alicyclic amines) is 1. The fraction of sp³-hybridized carbons (Fsp3) is 0.556. The fourth-order valence-electron chi connectivity index (χ4n) is 3.23. The van der Waals surface area contributed by atoms with Gasteiger partial charge in [-0.15, -0.1) is 0 Å². The number of amides is 2. The van der Waals surface area contributed by atoms with Crippen molar-refractivity contribution in [2.24, 2.45) is 0 Å². The molecule has 0 bridgehead atoms. The van der Waals surface area contributed by atoms with Gasteiger partial charge in [0.1, 0.15) is 6.10 Å². The lowest BCUT2D eigenvalue weighted by molar-refractivity contribution is 0.0685. The molecule has 0 aromatic heterocycles. The van der Waals surface area contributed by atoms with Gasteiger partial charge in [-0.25, -0.2) is 0 Å². The molecule has 0 saturated carbocycles. The van der Waals surface area contributed by atoms with Crippen molar-refractivity contribution >= 4 is 11.8 Å². The van der Waals surface area contributed by atoms with Crippen molar-refractivity contribution in [3.8, 4) is 0 Å². The topological polar surface area (TPSA) is 67.9 Å². The highest BCUT2D eigenvalue weighted by atomic mass is 16.5. The number of nitrogens with zero attached hydrogens (tertiary/aromatic N) is 1. The minimum Gasteiger partial charge on any atom is -0.377 e. The quantitative estimate of drug-likeness (QED) is 0.906. The molecule has 2 heterocycles. The number of piperidine rings is 1. The van der Waals surface area contributed by atoms with Gasteiger partial charge in [-0.3, -0.25) is 9.59 Å². The van der Waals surface area contributed by atoms with Crippen molar-refractivity contribution in [2.45, 2.75) is 31.4 Å². The number of ether oxygens (including phenoxy) is 2. The summed E-state index contributed by atoms with van der Waals surface area (Å²) in [5, 5.41) is 2.93. The van der Waals surface area contributed by atoms with E-state index in [0.717, 1.165) is 25.9 Å². The van der Waals surface area contributed by atoms with Crippen LogP contribution in [0.15, 0.2) is 24.3 Å². The summed E-state index contributed by atoms with van der Waals surface area (Å²) >= 11 is 0. The summed E-state index contributed by atoms with van der Waals surface area (Å²) in [6.07, 6.45) is 3.14. The number of carbonyl (C=O) groups is 2. The Morgan fingerprint density at radius 2 is 1.92 bits per heavy atom. The minimum absolute atomic E-state index is 0.00307. The van der Waals surface area contributed by atoms with Crippen LogP contribution in [0.25, 0.3) is 0 Å². The Morgan fingerprint density at radius 1 is 1.17 bits per heavy atom. The number of carbonyl (C=O) groups excluding carboxylic acids is 2. The van der Waals surface area contributed by atoms with E-state index >= 15 is 0 Å². The van der Waals surface area contributed by atoms with Crippen LogP contribution in [0.5, 0.6) is 0 Å². The lowest BCUT2D eigenvalue weighted by atomic mass is 10.1. The Balaban J connectivity index is 1.68. The van der Waals surface area contributed by atoms with E-state index in [-0.39, 0.29) is 24.0 Å². The molecule has 24 heavy (non-hydrogen) atoms. The van der Waals surface area contributed by atoms with Gasteiger partial charge in [0.05, 0.1) is 19.3 Å². The molecule has 2 amide bonds. The molecule has 0 spiro atoms. The molecule has 3 rings (SSSR count). The van der Waals surface area contributed by atoms with Crippen LogP contribution >= 0.6 is 0 Å². The highest BCUT2D eigenvalue weighted by Crippen LogP contribution is 2.15. The summed E-state index contributed by atoms with van der Waals surface area (Å²) in [6.45, 7) is 2.51. The second kappa shape index (κ2) is 7.77. The van der Waals surface area contributed by atoms with E-state index in [1.807, 2.05) is 4.90 Å². The number of nitrogens with one attached hydrogen (secondary N) is 1. The molecule has 6 nitrogen and oxygen atoms in total. The molecule has 0 unspecified atom stereocenters. The number of methoxy groups -OCH3 is 1. The Bertz CT molecular complexity index is 598. The SMILES string of the molecule is CO[C@@H]1COC[C@@H]1NC(=O)c1cccc(C(=O)N2CCCCC2)c1. The first kappa shape index (κ1) is 16.9. The third-order valence-electron chi connectivity index (χ3n) is 4.66. The zero-order valence-corrected chi connectivity index (χ0v) is 14.0. The minimum atomic E-state index is -0.208. The lowest BCUT2D eigenvalue weighted by Crippen LogP contribution is -2.43. The molecule has 0 aliphatic carbocycles. The second-order valence-corrected chi connectivity index (χ2v) is 6.33. The van der Waals surface area contributed by atoms with Gasteiger partial charge in [0.15, 0.2) is 0 Å². The average molecular weight is 332 g/mol. The predicted octanol–water partition coefficient (Wildman–Crippen LogP) is 1.46. The normalized spacial score (nSPS) is 24.0. The largest absolute Gasteiger partial charge is 0.377 e. The first-order valence-electron chi connectivity index (χ1n) is 8.50. The zero-order valence-electron chi connectivity index (χ0n) is 14.0. The van der Waals surface area contributed by atoms with Gasteiger partial charge in [-0.05, 0) is 37.5 Å². The van der Waals surface area contributed by atoms with Crippen LogP contribution in [0, 0.1) is 0 Å². The molecule has 2 aliphatic rings. The van der Waals surface area contributed by atoms with Gasteiger partial charge in [0, 0.05) is 31.3 Å². The lowest BCUT2D eigenvalue weighted by Gasteiger charge is -2.26. The van der Waals surface area contributed by atoms with Gasteiger partial charge >= 0.3 is 0 Å². The van der Waals surface area contributed by atoms with E-state index in [0.29, 0.717) is 24.3 Å². The van der Waals surface area contributed by atoms with E-state index in [1.165, 1.54) is 6.42 Å². The molecule has 130 valence electrons. The number of hydrogen-bond acceptors (Lipinski definition) is 4. The van der Waals surface area contributed by atoms with E-state index in [9.17, 15) is 9.59 Å². The Morgan fingerprint density at radius 3 is 2.67 bits per heavy atom. The van der Waals surface area contributed by atoms with Crippen LogP contribution in [-0.4, -0.2) is 62.3 Å². The van der Waals surface area contributed by atoms with Crippen LogP contribution in [0.2, 0.25) is 0 Å². The van der Waals surface area contributed by atoms with Crippen LogP contribution in [0.3, 0.4) is 0 Å². The molecule has 0 radical (unpaired) electrons. The standard InChI is InChI=1S/C18H24N2O4/c1-23-16-12-24-11-15(16)19-17(21)13-6-5-7-14(10-13)18(22)20-8-3-2-4-9-20/h5-7,10,15-16H,2-4,8-9,11-12H2,1H3,(H,19,21)/t15-,16+/m0/s1. The van der Waals surface area contributed by atoms with Gasteiger partial charge < -0.3 is 19.7 Å². The maximum absolute atomic E-state index is 12.6. The fourth-order valence-corrected chi connectivity index (χ4v) is 3.23. The predicted molar refractivity (Wildman–Crippen MR) is 89.1 cm³/mol. The Labute approximate surface area is 142 Å². The van der Waals surface area contributed by atoms with Crippen molar-refractivity contribution in [3.63, 3.8) is 0 Å². The summed E-state index contributed by atoms with van der Waals surface area (Å²) in [5.41, 5.74) is 1.05. The zero-order chi connectivity index (χ0) is 16.9. The van der Waals surface area contributed by atoms with Crippen molar-refractivity contribution in [1.82, 2.24) is 10.2 Å². The molecule has 2 saturated heterocycles. The summed E-state index contributed by atoms with van der Waals surface area (Å²) in [5.74, 6) is -0.204. The molecule has 1 N–H and O–H groups in total. The number of rotatable bonds is 4. The molecule has 2 aliphatic heterocycles. The van der Waals surface area contributed by atoms with Gasteiger partial charge in [-0.1, -0.05) is 6.07 Å². The Hall–Kier alpha value is -1.92. The van der Waals surface area contributed by atoms with Gasteiger partial charge in [0.25, 0.3) is 11.8 Å². The molecular weight excluding hydrogens is 308 g/mol. The molecular formula is C18H24N2O4. The van der Waals surface area contributed by atoms with Crippen molar-refractivity contribution in [1.29, 1.82) is 0 Å². The van der Waals surface area contributed by atoms with Crippen LogP contribution in [0.4, 0.5) is 0 Å². The molecule has 6 heteroatoms. The van der Waals surface area contributed by atoms with Crippen LogP contribution in [0.1, 0.15) is 40.0 Å². The summed E-state index contributed by atoms with van der Waals surface area (Å²) < 4.78 is 10.6. The van der Waals surface area contributed by atoms with E-state index in [4.69, 9.17) is 9.47 Å². The second-order valence-electron chi connectivity index (χ2n) is 6.33. The first-order chi connectivity index (χ1) is 11.7. The van der Waals surface area contributed by atoms with Crippen molar-refractivity contribution < 1.29 is 19.1 Å². The first-order valence-corrected chi connectivity index (χ1v) is 8.50. The highest BCUT2D eigenvalue weighted by molar-refractivity contribution is 5.99. The van der Waals surface area contributed by atoms with E-state index in [1.54, 1.807) is 31.4 Å². The van der Waals surface area contributed by atoms with Gasteiger partial charge in [0.2, 0.25) is 0 Å². The smallest absolute Gasteiger partial charge is 0.253 e. The highest BCUT2D eigenvalue weighted by Gasteiger charge is 2.30. The van der Waals surface area contributed by atoms with Crippen LogP contribution in [-0.2, 0) is 9.47 Å². The summed E-state index contributed by atoms with van der Waals surface area (Å²) in [7, 11) is 1.61. The average Bonchev–Trinajstić information content (AvgIpc) is 3.09. The monoisotopic (exact) mass is 332 g/mol. The van der Waals surface area contributed by atoms with Gasteiger partial charge in [-0.2, -0.15) is 0 Å².